The number of hydrogen-bond donors (Lipinski definition) is 0. The molecule has 0 amide bonds. The lowest BCUT2D eigenvalue weighted by Crippen LogP contribution is -2.21. The van der Waals surface area contributed by atoms with Crippen LogP contribution >= 0.6 is 15.9 Å². The molecule has 5 nitrogen and oxygen atoms in total. The van der Waals surface area contributed by atoms with Gasteiger partial charge in [-0.15, -0.1) is 0 Å². The highest BCUT2D eigenvalue weighted by Crippen LogP contribution is 2.17. The van der Waals surface area contributed by atoms with Crippen LogP contribution in [0.15, 0.2) is 70.3 Å². The zero-order valence-corrected chi connectivity index (χ0v) is 15.1. The molecule has 0 aliphatic rings. The first-order chi connectivity index (χ1) is 12.1. The number of benzene rings is 2. The monoisotopic (exact) mass is 394 g/mol. The first-order valence-corrected chi connectivity index (χ1v) is 8.66. The van der Waals surface area contributed by atoms with Crippen molar-refractivity contribution in [1.82, 2.24) is 19.3 Å². The Hall–Kier alpha value is -2.73. The molecule has 2 aromatic carbocycles. The minimum absolute atomic E-state index is 0.0900. The Bertz CT molecular complexity index is 1110. The third-order valence-corrected chi connectivity index (χ3v) is 4.69. The highest BCUT2D eigenvalue weighted by atomic mass is 79.9. The molecule has 0 atom stereocenters. The quantitative estimate of drug-likeness (QED) is 0.532. The Balaban J connectivity index is 1.78. The fourth-order valence-corrected chi connectivity index (χ4v) is 3.09. The zero-order valence-electron chi connectivity index (χ0n) is 13.6. The SMILES string of the molecule is Cc1ccccc1-n1ncc2c(=O)n(Cc3ccc(Br)cc3)cnc21. The lowest BCUT2D eigenvalue weighted by atomic mass is 10.2. The lowest BCUT2D eigenvalue weighted by molar-refractivity contribution is 0.745. The van der Waals surface area contributed by atoms with Crippen molar-refractivity contribution in [3.63, 3.8) is 0 Å². The Labute approximate surface area is 152 Å². The molecule has 0 bridgehead atoms. The molecule has 0 fully saturated rings. The lowest BCUT2D eigenvalue weighted by Gasteiger charge is -2.08. The van der Waals surface area contributed by atoms with Gasteiger partial charge in [-0.1, -0.05) is 46.3 Å². The second kappa shape index (κ2) is 6.29. The summed E-state index contributed by atoms with van der Waals surface area (Å²) in [6.45, 7) is 2.49. The van der Waals surface area contributed by atoms with Crippen LogP contribution in [0.1, 0.15) is 11.1 Å². The van der Waals surface area contributed by atoms with Gasteiger partial charge in [0, 0.05) is 4.47 Å². The molecule has 0 spiro atoms. The minimum atomic E-state index is -0.0900. The molecule has 4 aromatic rings. The number of halogens is 1. The highest BCUT2D eigenvalue weighted by molar-refractivity contribution is 9.10. The first kappa shape index (κ1) is 15.8. The van der Waals surface area contributed by atoms with Gasteiger partial charge in [-0.05, 0) is 36.2 Å². The van der Waals surface area contributed by atoms with E-state index in [2.05, 4.69) is 26.0 Å². The van der Waals surface area contributed by atoms with E-state index in [1.165, 1.54) is 0 Å². The summed E-state index contributed by atoms with van der Waals surface area (Å²) in [7, 11) is 0. The predicted molar refractivity (Wildman–Crippen MR) is 101 cm³/mol. The van der Waals surface area contributed by atoms with E-state index in [0.717, 1.165) is 21.3 Å². The standard InChI is InChI=1S/C19H15BrN4O/c1-13-4-2-3-5-17(13)24-18-16(10-22-24)19(25)23(12-21-18)11-14-6-8-15(20)9-7-14/h2-10,12H,11H2,1H3. The van der Waals surface area contributed by atoms with Gasteiger partial charge in [0.2, 0.25) is 0 Å². The predicted octanol–water partition coefficient (Wildman–Crippen LogP) is 3.70. The van der Waals surface area contributed by atoms with E-state index in [4.69, 9.17) is 0 Å². The van der Waals surface area contributed by atoms with Crippen molar-refractivity contribution in [3.8, 4) is 5.69 Å². The number of nitrogens with zero attached hydrogens (tertiary/aromatic N) is 4. The third-order valence-electron chi connectivity index (χ3n) is 4.16. The molecule has 4 rings (SSSR count). The normalized spacial score (nSPS) is 11.1. The van der Waals surface area contributed by atoms with Crippen LogP contribution in [0.4, 0.5) is 0 Å². The van der Waals surface area contributed by atoms with Crippen LogP contribution in [-0.2, 0) is 6.54 Å². The van der Waals surface area contributed by atoms with E-state index in [1.54, 1.807) is 21.8 Å². The summed E-state index contributed by atoms with van der Waals surface area (Å²) in [5.41, 5.74) is 3.53. The van der Waals surface area contributed by atoms with Gasteiger partial charge < -0.3 is 0 Å². The number of aryl methyl sites for hydroxylation is 1. The molecule has 2 aromatic heterocycles. The minimum Gasteiger partial charge on any atom is -0.294 e. The van der Waals surface area contributed by atoms with Crippen LogP contribution in [0.3, 0.4) is 0 Å². The molecule has 6 heteroatoms. The Kier molecular flexibility index (Phi) is 3.97. The molecule has 0 saturated heterocycles. The molecular formula is C19H15BrN4O. The van der Waals surface area contributed by atoms with Gasteiger partial charge in [0.15, 0.2) is 5.65 Å². The van der Waals surface area contributed by atoms with Gasteiger partial charge in [0.05, 0.1) is 18.4 Å². The van der Waals surface area contributed by atoms with E-state index in [-0.39, 0.29) is 5.56 Å². The Morgan fingerprint density at radius 1 is 1.08 bits per heavy atom. The maximum atomic E-state index is 12.8. The number of rotatable bonds is 3. The summed E-state index contributed by atoms with van der Waals surface area (Å²) in [5.74, 6) is 0. The van der Waals surface area contributed by atoms with Gasteiger partial charge in [-0.3, -0.25) is 9.36 Å². The van der Waals surface area contributed by atoms with E-state index >= 15 is 0 Å². The van der Waals surface area contributed by atoms with Crippen molar-refractivity contribution in [3.05, 3.63) is 87.0 Å². The molecule has 124 valence electrons. The Morgan fingerprint density at radius 3 is 2.60 bits per heavy atom. The van der Waals surface area contributed by atoms with Crippen molar-refractivity contribution < 1.29 is 0 Å². The summed E-state index contributed by atoms with van der Waals surface area (Å²) < 4.78 is 4.34. The Morgan fingerprint density at radius 2 is 1.84 bits per heavy atom. The summed E-state index contributed by atoms with van der Waals surface area (Å²) in [5, 5.41) is 4.90. The molecule has 0 N–H and O–H groups in total. The molecule has 2 heterocycles. The fraction of sp³-hybridized carbons (Fsp3) is 0.105. The second-order valence-corrected chi connectivity index (χ2v) is 6.80. The van der Waals surface area contributed by atoms with Crippen LogP contribution in [0.2, 0.25) is 0 Å². The van der Waals surface area contributed by atoms with Crippen molar-refractivity contribution in [2.75, 3.05) is 0 Å². The molecule has 25 heavy (non-hydrogen) atoms. The largest absolute Gasteiger partial charge is 0.294 e. The van der Waals surface area contributed by atoms with E-state index in [9.17, 15) is 4.79 Å². The van der Waals surface area contributed by atoms with Crippen molar-refractivity contribution in [1.29, 1.82) is 0 Å². The van der Waals surface area contributed by atoms with Gasteiger partial charge >= 0.3 is 0 Å². The first-order valence-electron chi connectivity index (χ1n) is 7.87. The summed E-state index contributed by atoms with van der Waals surface area (Å²) in [6, 6.07) is 15.8. The molecule has 0 radical (unpaired) electrons. The van der Waals surface area contributed by atoms with Crippen molar-refractivity contribution in [2.45, 2.75) is 13.5 Å². The van der Waals surface area contributed by atoms with E-state index < -0.39 is 0 Å². The second-order valence-electron chi connectivity index (χ2n) is 5.88. The third kappa shape index (κ3) is 2.89. The maximum absolute atomic E-state index is 12.8. The molecule has 0 aliphatic carbocycles. The van der Waals surface area contributed by atoms with Gasteiger partial charge in [0.1, 0.15) is 11.7 Å². The molecular weight excluding hydrogens is 380 g/mol. The van der Waals surface area contributed by atoms with Crippen LogP contribution in [0.5, 0.6) is 0 Å². The molecule has 0 aliphatic heterocycles. The number of hydrogen-bond acceptors (Lipinski definition) is 3. The average Bonchev–Trinajstić information content (AvgIpc) is 3.04. The van der Waals surface area contributed by atoms with Gasteiger partial charge in [-0.25, -0.2) is 9.67 Å². The number of fused-ring (bicyclic) bond motifs is 1. The number of para-hydroxylation sites is 1. The molecule has 0 saturated carbocycles. The van der Waals surface area contributed by atoms with E-state index in [0.29, 0.717) is 17.6 Å². The topological polar surface area (TPSA) is 52.7 Å². The van der Waals surface area contributed by atoms with Crippen molar-refractivity contribution in [2.24, 2.45) is 0 Å². The number of aromatic nitrogens is 4. The molecule has 0 unspecified atom stereocenters. The van der Waals surface area contributed by atoms with Crippen molar-refractivity contribution >= 4 is 27.0 Å². The van der Waals surface area contributed by atoms with Gasteiger partial charge in [0.25, 0.3) is 5.56 Å². The fourth-order valence-electron chi connectivity index (χ4n) is 2.83. The van der Waals surface area contributed by atoms with Crippen LogP contribution in [-0.4, -0.2) is 19.3 Å². The van der Waals surface area contributed by atoms with Crippen LogP contribution < -0.4 is 5.56 Å². The summed E-state index contributed by atoms with van der Waals surface area (Å²) in [6.07, 6.45) is 3.18. The highest BCUT2D eigenvalue weighted by Gasteiger charge is 2.12. The van der Waals surface area contributed by atoms with Crippen LogP contribution in [0.25, 0.3) is 16.7 Å². The van der Waals surface area contributed by atoms with E-state index in [1.807, 2.05) is 55.5 Å². The smallest absolute Gasteiger partial charge is 0.264 e. The van der Waals surface area contributed by atoms with Gasteiger partial charge in [-0.2, -0.15) is 5.10 Å². The zero-order chi connectivity index (χ0) is 17.4. The van der Waals surface area contributed by atoms with Crippen LogP contribution in [0, 0.1) is 6.92 Å². The summed E-state index contributed by atoms with van der Waals surface area (Å²) in [4.78, 5) is 17.3. The summed E-state index contributed by atoms with van der Waals surface area (Å²) >= 11 is 3.42. The maximum Gasteiger partial charge on any atom is 0.264 e. The average molecular weight is 395 g/mol.